The zero-order valence-corrected chi connectivity index (χ0v) is 22.5. The molecule has 2 aliphatic rings. The zero-order chi connectivity index (χ0) is 25.7. The van der Waals surface area contributed by atoms with E-state index < -0.39 is 5.54 Å². The van der Waals surface area contributed by atoms with E-state index in [4.69, 9.17) is 16.3 Å². The number of hydrogen-bond acceptors (Lipinski definition) is 5. The number of carbonyl (C=O) groups excluding carboxylic acids is 3. The Kier molecular flexibility index (Phi) is 8.62. The van der Waals surface area contributed by atoms with Crippen LogP contribution in [0.15, 0.2) is 47.4 Å². The van der Waals surface area contributed by atoms with Gasteiger partial charge in [-0.25, -0.2) is 0 Å². The van der Waals surface area contributed by atoms with Gasteiger partial charge in [0.25, 0.3) is 0 Å². The number of nitrogens with zero attached hydrogens (tertiary/aromatic N) is 2. The van der Waals surface area contributed by atoms with Crippen LogP contribution < -0.4 is 0 Å². The van der Waals surface area contributed by atoms with Gasteiger partial charge in [-0.15, -0.1) is 11.8 Å². The standard InChI is InChI=1S/C28H33ClN2O4S/c1-3-35-26(33)8-5-15-30(19-20-9-11-22(29)12-10-20)27(34)28(2)14-16-31(28)25(32)18-21-6-4-7-24-23(21)13-17-36-24/h4,6-7,9-12H,3,5,8,13-19H2,1-2H3. The molecule has 0 N–H and O–H groups in total. The summed E-state index contributed by atoms with van der Waals surface area (Å²) < 4.78 is 5.04. The number of amides is 2. The zero-order valence-electron chi connectivity index (χ0n) is 20.9. The van der Waals surface area contributed by atoms with Crippen LogP contribution in [0.4, 0.5) is 0 Å². The lowest BCUT2D eigenvalue weighted by atomic mass is 9.84. The van der Waals surface area contributed by atoms with Crippen LogP contribution in [-0.2, 0) is 38.5 Å². The van der Waals surface area contributed by atoms with E-state index in [0.29, 0.717) is 50.5 Å². The first-order chi connectivity index (χ1) is 17.3. The van der Waals surface area contributed by atoms with Gasteiger partial charge in [0.2, 0.25) is 11.8 Å². The molecular weight excluding hydrogens is 496 g/mol. The molecule has 0 spiro atoms. The molecule has 192 valence electrons. The van der Waals surface area contributed by atoms with Gasteiger partial charge in [-0.2, -0.15) is 0 Å². The SMILES string of the molecule is CCOC(=O)CCCN(Cc1ccc(Cl)cc1)C(=O)C1(C)CCN1C(=O)Cc1cccc2c1CCS2. The van der Waals surface area contributed by atoms with E-state index in [-0.39, 0.29) is 24.2 Å². The number of likely N-dealkylation sites (tertiary alicyclic amines) is 1. The fourth-order valence-electron chi connectivity index (χ4n) is 4.95. The Balaban J connectivity index is 1.47. The van der Waals surface area contributed by atoms with Crippen LogP contribution in [0.3, 0.4) is 0 Å². The first kappa shape index (κ1) is 26.6. The first-order valence-electron chi connectivity index (χ1n) is 12.6. The molecule has 2 aliphatic heterocycles. The number of benzene rings is 2. The summed E-state index contributed by atoms with van der Waals surface area (Å²) in [6.07, 6.45) is 2.65. The van der Waals surface area contributed by atoms with E-state index in [0.717, 1.165) is 23.3 Å². The third-order valence-corrected chi connectivity index (χ3v) is 8.40. The third-order valence-electron chi connectivity index (χ3n) is 7.05. The summed E-state index contributed by atoms with van der Waals surface area (Å²) in [5, 5.41) is 0.632. The smallest absolute Gasteiger partial charge is 0.305 e. The van der Waals surface area contributed by atoms with Crippen molar-refractivity contribution in [3.05, 3.63) is 64.2 Å². The van der Waals surface area contributed by atoms with Crippen molar-refractivity contribution in [2.45, 2.75) is 62.9 Å². The molecule has 0 bridgehead atoms. The lowest BCUT2D eigenvalue weighted by molar-refractivity contribution is -0.164. The number of halogens is 1. The van der Waals surface area contributed by atoms with E-state index in [1.54, 1.807) is 28.9 Å². The Labute approximate surface area is 222 Å². The largest absolute Gasteiger partial charge is 0.466 e. The van der Waals surface area contributed by atoms with Crippen molar-refractivity contribution in [2.75, 3.05) is 25.4 Å². The Bertz CT molecular complexity index is 1120. The Hall–Kier alpha value is -2.51. The molecule has 1 unspecified atom stereocenters. The maximum atomic E-state index is 13.9. The van der Waals surface area contributed by atoms with Crippen molar-refractivity contribution in [3.8, 4) is 0 Å². The molecule has 4 rings (SSSR count). The summed E-state index contributed by atoms with van der Waals surface area (Å²) in [5.41, 5.74) is 2.39. The lowest BCUT2D eigenvalue weighted by Gasteiger charge is -2.51. The van der Waals surface area contributed by atoms with E-state index >= 15 is 0 Å². The second kappa shape index (κ2) is 11.7. The van der Waals surface area contributed by atoms with Gasteiger partial charge in [0.1, 0.15) is 5.54 Å². The molecule has 0 saturated carbocycles. The molecule has 6 nitrogen and oxygen atoms in total. The van der Waals surface area contributed by atoms with Crippen LogP contribution >= 0.6 is 23.4 Å². The normalized spacial score (nSPS) is 18.4. The average molecular weight is 529 g/mol. The van der Waals surface area contributed by atoms with Crippen LogP contribution in [0.1, 0.15) is 49.8 Å². The van der Waals surface area contributed by atoms with Crippen LogP contribution in [0, 0.1) is 0 Å². The number of carbonyl (C=O) groups is 3. The molecule has 1 fully saturated rings. The van der Waals surface area contributed by atoms with Gasteiger partial charge in [-0.1, -0.05) is 35.9 Å². The molecule has 8 heteroatoms. The molecule has 0 aromatic heterocycles. The van der Waals surface area contributed by atoms with Gasteiger partial charge in [0.15, 0.2) is 0 Å². The van der Waals surface area contributed by atoms with Gasteiger partial charge in [-0.05, 0) is 68.0 Å². The van der Waals surface area contributed by atoms with Crippen LogP contribution in [-0.4, -0.2) is 58.6 Å². The number of thioether (sulfide) groups is 1. The topological polar surface area (TPSA) is 66.9 Å². The minimum Gasteiger partial charge on any atom is -0.466 e. The lowest BCUT2D eigenvalue weighted by Crippen LogP contribution is -2.68. The highest BCUT2D eigenvalue weighted by Gasteiger charge is 2.50. The van der Waals surface area contributed by atoms with E-state index in [9.17, 15) is 14.4 Å². The Morgan fingerprint density at radius 1 is 1.17 bits per heavy atom. The van der Waals surface area contributed by atoms with Gasteiger partial charge in [0.05, 0.1) is 13.0 Å². The van der Waals surface area contributed by atoms with E-state index in [2.05, 4.69) is 6.07 Å². The molecule has 2 aromatic rings. The van der Waals surface area contributed by atoms with Crippen molar-refractivity contribution in [1.82, 2.24) is 9.80 Å². The molecule has 36 heavy (non-hydrogen) atoms. The fourth-order valence-corrected chi connectivity index (χ4v) is 6.18. The fraction of sp³-hybridized carbons (Fsp3) is 0.464. The predicted octanol–water partition coefficient (Wildman–Crippen LogP) is 4.89. The van der Waals surface area contributed by atoms with Crippen LogP contribution in [0.25, 0.3) is 0 Å². The molecule has 0 radical (unpaired) electrons. The summed E-state index contributed by atoms with van der Waals surface area (Å²) in [7, 11) is 0. The maximum absolute atomic E-state index is 13.9. The minimum absolute atomic E-state index is 0.0135. The molecule has 1 saturated heterocycles. The minimum atomic E-state index is -0.889. The average Bonchev–Trinajstić information content (AvgIpc) is 3.33. The van der Waals surface area contributed by atoms with Crippen LogP contribution in [0.2, 0.25) is 5.02 Å². The highest BCUT2D eigenvalue weighted by molar-refractivity contribution is 7.99. The Morgan fingerprint density at radius 2 is 1.94 bits per heavy atom. The molecule has 2 aromatic carbocycles. The summed E-state index contributed by atoms with van der Waals surface area (Å²) in [6, 6.07) is 13.6. The second-order valence-electron chi connectivity index (χ2n) is 9.50. The van der Waals surface area contributed by atoms with Crippen molar-refractivity contribution in [3.63, 3.8) is 0 Å². The summed E-state index contributed by atoms with van der Waals surface area (Å²) >= 11 is 7.87. The van der Waals surface area contributed by atoms with Crippen molar-refractivity contribution in [1.29, 1.82) is 0 Å². The number of ether oxygens (including phenoxy) is 1. The number of esters is 1. The monoisotopic (exact) mass is 528 g/mol. The molecule has 2 amide bonds. The quantitative estimate of drug-likeness (QED) is 0.411. The number of fused-ring (bicyclic) bond motifs is 1. The van der Waals surface area contributed by atoms with E-state index in [1.165, 1.54) is 10.5 Å². The van der Waals surface area contributed by atoms with Gasteiger partial charge in [-0.3, -0.25) is 14.4 Å². The molecule has 1 atom stereocenters. The highest BCUT2D eigenvalue weighted by atomic mass is 35.5. The molecular formula is C28H33ClN2O4S. The first-order valence-corrected chi connectivity index (χ1v) is 13.9. The highest BCUT2D eigenvalue weighted by Crippen LogP contribution is 2.36. The number of hydrogen-bond donors (Lipinski definition) is 0. The van der Waals surface area contributed by atoms with Crippen molar-refractivity contribution in [2.24, 2.45) is 0 Å². The third kappa shape index (κ3) is 5.89. The predicted molar refractivity (Wildman–Crippen MR) is 142 cm³/mol. The summed E-state index contributed by atoms with van der Waals surface area (Å²) in [6.45, 7) is 5.34. The Morgan fingerprint density at radius 3 is 2.64 bits per heavy atom. The van der Waals surface area contributed by atoms with Crippen LogP contribution in [0.5, 0.6) is 0 Å². The van der Waals surface area contributed by atoms with Crippen molar-refractivity contribution < 1.29 is 19.1 Å². The second-order valence-corrected chi connectivity index (χ2v) is 11.1. The van der Waals surface area contributed by atoms with E-state index in [1.807, 2.05) is 43.0 Å². The number of rotatable bonds is 10. The van der Waals surface area contributed by atoms with Crippen molar-refractivity contribution >= 4 is 41.1 Å². The maximum Gasteiger partial charge on any atom is 0.305 e. The van der Waals surface area contributed by atoms with Gasteiger partial charge < -0.3 is 14.5 Å². The summed E-state index contributed by atoms with van der Waals surface area (Å²) in [5.74, 6) is 0.679. The molecule has 0 aliphatic carbocycles. The summed E-state index contributed by atoms with van der Waals surface area (Å²) in [4.78, 5) is 43.9. The van der Waals surface area contributed by atoms with Gasteiger partial charge in [0, 0.05) is 41.7 Å². The van der Waals surface area contributed by atoms with Gasteiger partial charge >= 0.3 is 5.97 Å². The molecule has 2 heterocycles.